The van der Waals surface area contributed by atoms with Crippen LogP contribution in [0.4, 0.5) is 11.4 Å². The number of aromatic nitrogens is 1. The molecule has 5 heteroatoms. The molecule has 110 valence electrons. The maximum Gasteiger partial charge on any atom is 0.217 e. The minimum Gasteiger partial charge on any atom is -0.398 e. The van der Waals surface area contributed by atoms with Crippen LogP contribution in [0.2, 0.25) is 0 Å². The summed E-state index contributed by atoms with van der Waals surface area (Å²) in [5.74, 6) is 0.0491. The molecule has 1 aromatic carbocycles. The number of hydrogen-bond acceptors (Lipinski definition) is 4. The van der Waals surface area contributed by atoms with E-state index in [1.165, 1.54) is 0 Å². The number of piperidine rings is 1. The van der Waals surface area contributed by atoms with Gasteiger partial charge >= 0.3 is 0 Å². The topological polar surface area (TPSA) is 71.2 Å². The van der Waals surface area contributed by atoms with Crippen molar-refractivity contribution in [3.05, 3.63) is 30.5 Å². The number of nitrogens with two attached hydrogens (primary N) is 1. The molecule has 5 nitrogen and oxygen atoms in total. The first-order valence-electron chi connectivity index (χ1n) is 7.30. The van der Waals surface area contributed by atoms with Crippen molar-refractivity contribution in [2.24, 2.45) is 0 Å². The van der Waals surface area contributed by atoms with Crippen LogP contribution < -0.4 is 16.0 Å². The summed E-state index contributed by atoms with van der Waals surface area (Å²) in [6, 6.07) is 8.19. The normalized spacial score (nSPS) is 16.1. The number of hydrogen-bond donors (Lipinski definition) is 2. The quantitative estimate of drug-likeness (QED) is 0.827. The van der Waals surface area contributed by atoms with E-state index in [0.717, 1.165) is 48.2 Å². The van der Waals surface area contributed by atoms with Crippen LogP contribution in [-0.2, 0) is 4.79 Å². The van der Waals surface area contributed by atoms with E-state index < -0.39 is 0 Å². The van der Waals surface area contributed by atoms with Gasteiger partial charge < -0.3 is 16.0 Å². The van der Waals surface area contributed by atoms with Gasteiger partial charge in [-0.15, -0.1) is 0 Å². The maximum atomic E-state index is 11.1. The number of carbonyl (C=O) groups is 1. The third-order valence-corrected chi connectivity index (χ3v) is 4.03. The number of pyridine rings is 1. The highest BCUT2D eigenvalue weighted by atomic mass is 16.1. The lowest BCUT2D eigenvalue weighted by atomic mass is 10.0. The first-order chi connectivity index (χ1) is 10.1. The fraction of sp³-hybridized carbons (Fsp3) is 0.375. The van der Waals surface area contributed by atoms with Gasteiger partial charge in [-0.25, -0.2) is 0 Å². The number of nitrogen functional groups attached to an aromatic ring is 1. The second-order valence-electron chi connectivity index (χ2n) is 5.54. The van der Waals surface area contributed by atoms with E-state index in [4.69, 9.17) is 5.73 Å². The van der Waals surface area contributed by atoms with Crippen LogP contribution in [0.5, 0.6) is 0 Å². The number of amides is 1. The van der Waals surface area contributed by atoms with Gasteiger partial charge in [0.15, 0.2) is 0 Å². The molecule has 0 bridgehead atoms. The summed E-state index contributed by atoms with van der Waals surface area (Å²) >= 11 is 0. The molecule has 0 spiro atoms. The third kappa shape index (κ3) is 2.77. The molecule has 0 unspecified atom stereocenters. The molecule has 1 fully saturated rings. The molecule has 0 radical (unpaired) electrons. The lowest BCUT2D eigenvalue weighted by Gasteiger charge is -2.34. The van der Waals surface area contributed by atoms with Crippen LogP contribution in [0, 0.1) is 0 Å². The third-order valence-electron chi connectivity index (χ3n) is 4.03. The van der Waals surface area contributed by atoms with Crippen molar-refractivity contribution in [3.8, 4) is 0 Å². The highest BCUT2D eigenvalue weighted by molar-refractivity contribution is 5.98. The van der Waals surface area contributed by atoms with Crippen LogP contribution in [0.15, 0.2) is 30.5 Å². The first-order valence-corrected chi connectivity index (χ1v) is 7.30. The molecular formula is C16H20N4O. The predicted octanol–water partition coefficient (Wildman–Crippen LogP) is 1.92. The Balaban J connectivity index is 1.83. The fourth-order valence-electron chi connectivity index (χ4n) is 2.99. The number of rotatable bonds is 2. The summed E-state index contributed by atoms with van der Waals surface area (Å²) in [5.41, 5.74) is 8.86. The Hall–Kier alpha value is -2.30. The van der Waals surface area contributed by atoms with E-state index in [2.05, 4.69) is 15.2 Å². The van der Waals surface area contributed by atoms with Crippen LogP contribution >= 0.6 is 0 Å². The maximum absolute atomic E-state index is 11.1. The van der Waals surface area contributed by atoms with Gasteiger partial charge in [-0.3, -0.25) is 9.78 Å². The van der Waals surface area contributed by atoms with Crippen molar-refractivity contribution < 1.29 is 4.79 Å². The predicted molar refractivity (Wildman–Crippen MR) is 85.2 cm³/mol. The molecule has 1 aliphatic rings. The van der Waals surface area contributed by atoms with E-state index in [0.29, 0.717) is 0 Å². The lowest BCUT2D eigenvalue weighted by Crippen LogP contribution is -2.44. The van der Waals surface area contributed by atoms with E-state index in [1.54, 1.807) is 13.1 Å². The minimum absolute atomic E-state index is 0.0491. The second kappa shape index (κ2) is 5.60. The van der Waals surface area contributed by atoms with Gasteiger partial charge in [-0.2, -0.15) is 0 Å². The highest BCUT2D eigenvalue weighted by Crippen LogP contribution is 2.30. The van der Waals surface area contributed by atoms with E-state index in [9.17, 15) is 4.79 Å². The summed E-state index contributed by atoms with van der Waals surface area (Å²) in [4.78, 5) is 17.9. The molecule has 1 aromatic heterocycles. The van der Waals surface area contributed by atoms with E-state index >= 15 is 0 Å². The lowest BCUT2D eigenvalue weighted by molar-refractivity contribution is -0.119. The van der Waals surface area contributed by atoms with Gasteiger partial charge in [-0.1, -0.05) is 0 Å². The Bertz CT molecular complexity index is 662. The van der Waals surface area contributed by atoms with Crippen LogP contribution in [0.25, 0.3) is 10.9 Å². The summed E-state index contributed by atoms with van der Waals surface area (Å²) in [5, 5.41) is 4.00. The highest BCUT2D eigenvalue weighted by Gasteiger charge is 2.21. The van der Waals surface area contributed by atoms with Crippen molar-refractivity contribution in [1.82, 2.24) is 10.3 Å². The number of carbonyl (C=O) groups excluding carboxylic acids is 1. The summed E-state index contributed by atoms with van der Waals surface area (Å²) < 4.78 is 0. The van der Waals surface area contributed by atoms with Crippen molar-refractivity contribution in [2.45, 2.75) is 25.8 Å². The molecule has 1 aliphatic heterocycles. The average molecular weight is 284 g/mol. The van der Waals surface area contributed by atoms with Gasteiger partial charge in [0.05, 0.1) is 11.2 Å². The molecule has 3 rings (SSSR count). The van der Waals surface area contributed by atoms with Crippen LogP contribution in [-0.4, -0.2) is 30.0 Å². The number of nitrogens with zero attached hydrogens (tertiary/aromatic N) is 2. The van der Waals surface area contributed by atoms with Crippen LogP contribution in [0.3, 0.4) is 0 Å². The monoisotopic (exact) mass is 284 g/mol. The smallest absolute Gasteiger partial charge is 0.217 e. The Labute approximate surface area is 124 Å². The number of benzene rings is 1. The molecule has 21 heavy (non-hydrogen) atoms. The molecule has 0 saturated carbocycles. The molecule has 0 aliphatic carbocycles. The molecule has 2 heterocycles. The van der Waals surface area contributed by atoms with E-state index in [1.807, 2.05) is 24.3 Å². The van der Waals surface area contributed by atoms with Crippen molar-refractivity contribution in [2.75, 3.05) is 23.7 Å². The number of fused-ring (bicyclic) bond motifs is 1. The number of nitrogens with one attached hydrogen (secondary N) is 1. The van der Waals surface area contributed by atoms with Gasteiger partial charge in [0.25, 0.3) is 0 Å². The Morgan fingerprint density at radius 2 is 2.10 bits per heavy atom. The molecule has 2 aromatic rings. The van der Waals surface area contributed by atoms with Crippen molar-refractivity contribution >= 4 is 28.2 Å². The van der Waals surface area contributed by atoms with E-state index in [-0.39, 0.29) is 11.9 Å². The average Bonchev–Trinajstić information content (AvgIpc) is 2.48. The summed E-state index contributed by atoms with van der Waals surface area (Å²) in [6.07, 6.45) is 3.71. The van der Waals surface area contributed by atoms with Gasteiger partial charge in [0.1, 0.15) is 0 Å². The zero-order chi connectivity index (χ0) is 14.8. The zero-order valence-corrected chi connectivity index (χ0v) is 12.2. The largest absolute Gasteiger partial charge is 0.398 e. The zero-order valence-electron chi connectivity index (χ0n) is 12.2. The van der Waals surface area contributed by atoms with Crippen molar-refractivity contribution in [3.63, 3.8) is 0 Å². The summed E-state index contributed by atoms with van der Waals surface area (Å²) in [6.45, 7) is 3.41. The first kappa shape index (κ1) is 13.7. The molecule has 0 atom stereocenters. The van der Waals surface area contributed by atoms with Crippen LogP contribution in [0.1, 0.15) is 19.8 Å². The fourth-order valence-corrected chi connectivity index (χ4v) is 2.99. The second-order valence-corrected chi connectivity index (χ2v) is 5.54. The molecule has 1 amide bonds. The van der Waals surface area contributed by atoms with Gasteiger partial charge in [0.2, 0.25) is 5.91 Å². The minimum atomic E-state index is 0.0491. The SMILES string of the molecule is CC(=O)NC1CCN(c2ccc(N)c3cccnc23)CC1. The van der Waals surface area contributed by atoms with Gasteiger partial charge in [-0.05, 0) is 37.1 Å². The molecule has 1 saturated heterocycles. The van der Waals surface area contributed by atoms with Gasteiger partial charge in [0, 0.05) is 43.3 Å². The number of anilines is 2. The summed E-state index contributed by atoms with van der Waals surface area (Å²) in [7, 11) is 0. The molecule has 3 N–H and O–H groups in total. The standard InChI is InChI=1S/C16H20N4O/c1-11(21)19-12-6-9-20(10-7-12)15-5-4-14(17)13-3-2-8-18-16(13)15/h2-5,8,12H,6-7,9-10,17H2,1H3,(H,19,21). The Morgan fingerprint density at radius 3 is 2.81 bits per heavy atom. The molecular weight excluding hydrogens is 264 g/mol. The Morgan fingerprint density at radius 1 is 1.33 bits per heavy atom. The Kier molecular flexibility index (Phi) is 3.64. The van der Waals surface area contributed by atoms with Crippen molar-refractivity contribution in [1.29, 1.82) is 0 Å².